The molecule has 0 unspecified atom stereocenters. The summed E-state index contributed by atoms with van der Waals surface area (Å²) in [5.41, 5.74) is 1.48. The highest BCUT2D eigenvalue weighted by Crippen LogP contribution is 2.36. The van der Waals surface area contributed by atoms with E-state index in [0.717, 1.165) is 37.3 Å². The Bertz CT molecular complexity index is 439. The molecule has 0 aromatic heterocycles. The number of hydrogen-bond donors (Lipinski definition) is 2. The third kappa shape index (κ3) is 3.98. The Kier molecular flexibility index (Phi) is 7.03. The van der Waals surface area contributed by atoms with Gasteiger partial charge in [-0.2, -0.15) is 0 Å². The van der Waals surface area contributed by atoms with Crippen molar-refractivity contribution in [3.63, 3.8) is 0 Å². The van der Waals surface area contributed by atoms with Gasteiger partial charge in [0.2, 0.25) is 0 Å². The van der Waals surface area contributed by atoms with E-state index in [1.807, 2.05) is 6.92 Å². The van der Waals surface area contributed by atoms with Gasteiger partial charge in [0.05, 0.1) is 6.67 Å². The summed E-state index contributed by atoms with van der Waals surface area (Å²) >= 11 is 6.07. The van der Waals surface area contributed by atoms with Gasteiger partial charge in [-0.1, -0.05) is 11.6 Å². The molecule has 0 bridgehead atoms. The first kappa shape index (κ1) is 17.5. The molecule has 1 atom stereocenters. The van der Waals surface area contributed by atoms with Crippen molar-refractivity contribution in [3.05, 3.63) is 28.3 Å². The number of nitrogens with one attached hydrogen (secondary N) is 1. The number of phenols is 1. The van der Waals surface area contributed by atoms with Gasteiger partial charge in [-0.15, -0.1) is 12.4 Å². The van der Waals surface area contributed by atoms with E-state index in [9.17, 15) is 9.50 Å². The minimum absolute atomic E-state index is 0. The van der Waals surface area contributed by atoms with Gasteiger partial charge in [-0.25, -0.2) is 0 Å². The molecule has 1 aromatic rings. The molecule has 1 aliphatic heterocycles. The van der Waals surface area contributed by atoms with E-state index in [-0.39, 0.29) is 24.2 Å². The van der Waals surface area contributed by atoms with Gasteiger partial charge in [0.1, 0.15) is 5.75 Å². The molecule has 114 valence electrons. The monoisotopic (exact) mass is 322 g/mol. The van der Waals surface area contributed by atoms with Crippen LogP contribution in [0.25, 0.3) is 0 Å². The highest BCUT2D eigenvalue weighted by Gasteiger charge is 2.25. The van der Waals surface area contributed by atoms with Gasteiger partial charge in [0.15, 0.2) is 0 Å². The predicted octanol–water partition coefficient (Wildman–Crippen LogP) is 3.08. The van der Waals surface area contributed by atoms with Gasteiger partial charge in [0.25, 0.3) is 0 Å². The lowest BCUT2D eigenvalue weighted by molar-refractivity contribution is 0.155. The Balaban J connectivity index is 0.00000200. The van der Waals surface area contributed by atoms with Gasteiger partial charge >= 0.3 is 0 Å². The molecule has 2 rings (SSSR count). The summed E-state index contributed by atoms with van der Waals surface area (Å²) < 4.78 is 12.9. The molecule has 1 fully saturated rings. The summed E-state index contributed by atoms with van der Waals surface area (Å²) in [6, 6.07) is 3.38. The number of benzene rings is 1. The molecule has 2 N–H and O–H groups in total. The van der Waals surface area contributed by atoms with Crippen LogP contribution in [0.15, 0.2) is 12.1 Å². The summed E-state index contributed by atoms with van der Waals surface area (Å²) in [4.78, 5) is 2.21. The number of hydrogen-bond acceptors (Lipinski definition) is 3. The van der Waals surface area contributed by atoms with Crippen LogP contribution >= 0.6 is 24.0 Å². The standard InChI is InChI=1S/C14H20ClFN2O.ClH/c1-10-8-11(15)9-12(14(10)19)13(2-3-16)18-6-4-17-5-7-18;/h8-9,13,17,19H,2-7H2,1H3;1H/t13-;/m1./s1. The quantitative estimate of drug-likeness (QED) is 0.894. The highest BCUT2D eigenvalue weighted by molar-refractivity contribution is 6.30. The maximum absolute atomic E-state index is 12.9. The SMILES string of the molecule is Cc1cc(Cl)cc([C@@H](CCF)N2CCNCC2)c1O.Cl. The van der Waals surface area contributed by atoms with E-state index in [4.69, 9.17) is 11.6 Å². The van der Waals surface area contributed by atoms with E-state index in [0.29, 0.717) is 11.4 Å². The van der Waals surface area contributed by atoms with Crippen molar-refractivity contribution in [1.82, 2.24) is 10.2 Å². The lowest BCUT2D eigenvalue weighted by Gasteiger charge is -2.35. The fourth-order valence-corrected chi connectivity index (χ4v) is 2.93. The van der Waals surface area contributed by atoms with Crippen molar-refractivity contribution in [2.24, 2.45) is 0 Å². The van der Waals surface area contributed by atoms with Crippen molar-refractivity contribution in [1.29, 1.82) is 0 Å². The molecule has 0 spiro atoms. The number of alkyl halides is 1. The van der Waals surface area contributed by atoms with E-state index in [1.54, 1.807) is 12.1 Å². The van der Waals surface area contributed by atoms with Gasteiger partial charge in [-0.3, -0.25) is 9.29 Å². The second-order valence-electron chi connectivity index (χ2n) is 4.94. The van der Waals surface area contributed by atoms with E-state index in [1.165, 1.54) is 0 Å². The fraction of sp³-hybridized carbons (Fsp3) is 0.571. The lowest BCUT2D eigenvalue weighted by atomic mass is 9.98. The fourth-order valence-electron chi connectivity index (χ4n) is 2.65. The van der Waals surface area contributed by atoms with Crippen molar-refractivity contribution in [3.8, 4) is 5.75 Å². The molecule has 3 nitrogen and oxygen atoms in total. The first-order valence-corrected chi connectivity index (χ1v) is 7.01. The molecule has 1 saturated heterocycles. The van der Waals surface area contributed by atoms with Crippen molar-refractivity contribution in [2.45, 2.75) is 19.4 Å². The summed E-state index contributed by atoms with van der Waals surface area (Å²) in [7, 11) is 0. The maximum Gasteiger partial charge on any atom is 0.123 e. The molecule has 1 heterocycles. The number of aromatic hydroxyl groups is 1. The lowest BCUT2D eigenvalue weighted by Crippen LogP contribution is -2.45. The Morgan fingerprint density at radius 3 is 2.65 bits per heavy atom. The predicted molar refractivity (Wildman–Crippen MR) is 82.9 cm³/mol. The Morgan fingerprint density at radius 2 is 2.05 bits per heavy atom. The Labute approximate surface area is 130 Å². The third-order valence-corrected chi connectivity index (χ3v) is 3.85. The molecule has 1 aliphatic rings. The van der Waals surface area contributed by atoms with Crippen LogP contribution in [0.4, 0.5) is 4.39 Å². The number of halogens is 3. The summed E-state index contributed by atoms with van der Waals surface area (Å²) in [6.07, 6.45) is 0.382. The molecule has 0 amide bonds. The topological polar surface area (TPSA) is 35.5 Å². The zero-order valence-electron chi connectivity index (χ0n) is 11.5. The molecular formula is C14H21Cl2FN2O. The first-order valence-electron chi connectivity index (χ1n) is 6.63. The summed E-state index contributed by atoms with van der Waals surface area (Å²) in [5, 5.41) is 14.1. The normalized spacial score (nSPS) is 17.6. The molecule has 0 saturated carbocycles. The van der Waals surface area contributed by atoms with Crippen LogP contribution < -0.4 is 5.32 Å². The van der Waals surface area contributed by atoms with Crippen LogP contribution in [-0.2, 0) is 0 Å². The van der Waals surface area contributed by atoms with Crippen LogP contribution in [0.5, 0.6) is 5.75 Å². The minimum Gasteiger partial charge on any atom is -0.507 e. The van der Waals surface area contributed by atoms with Crippen molar-refractivity contribution in [2.75, 3.05) is 32.9 Å². The third-order valence-electron chi connectivity index (χ3n) is 3.63. The Morgan fingerprint density at radius 1 is 1.40 bits per heavy atom. The van der Waals surface area contributed by atoms with Gasteiger partial charge in [-0.05, 0) is 31.0 Å². The van der Waals surface area contributed by atoms with Crippen LogP contribution in [-0.4, -0.2) is 42.9 Å². The average Bonchev–Trinajstić information content (AvgIpc) is 2.41. The van der Waals surface area contributed by atoms with E-state index >= 15 is 0 Å². The zero-order valence-corrected chi connectivity index (χ0v) is 13.1. The first-order chi connectivity index (χ1) is 9.13. The summed E-state index contributed by atoms with van der Waals surface area (Å²) in [5.74, 6) is 0.237. The number of aryl methyl sites for hydroxylation is 1. The molecule has 1 aromatic carbocycles. The molecule has 0 radical (unpaired) electrons. The highest BCUT2D eigenvalue weighted by atomic mass is 35.5. The van der Waals surface area contributed by atoms with Crippen molar-refractivity contribution >= 4 is 24.0 Å². The van der Waals surface area contributed by atoms with Crippen LogP contribution in [0.3, 0.4) is 0 Å². The zero-order chi connectivity index (χ0) is 13.8. The van der Waals surface area contributed by atoms with Crippen LogP contribution in [0.2, 0.25) is 5.02 Å². The number of phenolic OH excluding ortho intramolecular Hbond substituents is 1. The van der Waals surface area contributed by atoms with Crippen LogP contribution in [0.1, 0.15) is 23.6 Å². The van der Waals surface area contributed by atoms with Crippen molar-refractivity contribution < 1.29 is 9.50 Å². The molecule has 6 heteroatoms. The Hall–Kier alpha value is -0.550. The van der Waals surface area contributed by atoms with E-state index in [2.05, 4.69) is 10.2 Å². The van der Waals surface area contributed by atoms with Gasteiger partial charge < -0.3 is 10.4 Å². The second-order valence-corrected chi connectivity index (χ2v) is 5.38. The van der Waals surface area contributed by atoms with Gasteiger partial charge in [0, 0.05) is 42.8 Å². The molecule has 20 heavy (non-hydrogen) atoms. The number of rotatable bonds is 4. The largest absolute Gasteiger partial charge is 0.507 e. The average molecular weight is 323 g/mol. The van der Waals surface area contributed by atoms with E-state index < -0.39 is 6.67 Å². The molecular weight excluding hydrogens is 302 g/mol. The maximum atomic E-state index is 12.9. The second kappa shape index (κ2) is 8.03. The molecule has 0 aliphatic carbocycles. The number of piperazine rings is 1. The minimum atomic E-state index is -0.403. The smallest absolute Gasteiger partial charge is 0.123 e. The van der Waals surface area contributed by atoms with Crippen LogP contribution in [0, 0.1) is 6.92 Å². The number of nitrogens with zero attached hydrogens (tertiary/aromatic N) is 1. The summed E-state index contributed by atoms with van der Waals surface area (Å²) in [6.45, 7) is 4.91.